The maximum Gasteiger partial charge on any atom is 0.266 e. The second kappa shape index (κ2) is 4.41. The molecule has 0 saturated heterocycles. The maximum absolute atomic E-state index is 11.6. The summed E-state index contributed by atoms with van der Waals surface area (Å²) in [6.07, 6.45) is 7.35. The van der Waals surface area contributed by atoms with Crippen LogP contribution in [-0.2, 0) is 0 Å². The van der Waals surface area contributed by atoms with Crippen LogP contribution in [0.5, 0.6) is 0 Å². The SMILES string of the molecule is C#CCNC(=O)c1sc(NC2CC2)nc1N. The molecule has 0 bridgehead atoms. The lowest BCUT2D eigenvalue weighted by Crippen LogP contribution is -2.23. The van der Waals surface area contributed by atoms with E-state index in [1.165, 1.54) is 11.3 Å². The Morgan fingerprint density at radius 1 is 1.69 bits per heavy atom. The molecule has 16 heavy (non-hydrogen) atoms. The monoisotopic (exact) mass is 236 g/mol. The largest absolute Gasteiger partial charge is 0.382 e. The Morgan fingerprint density at radius 2 is 2.44 bits per heavy atom. The van der Waals surface area contributed by atoms with Crippen molar-refractivity contribution in [3.05, 3.63) is 4.88 Å². The van der Waals surface area contributed by atoms with Gasteiger partial charge in [-0.2, -0.15) is 0 Å². The molecule has 0 spiro atoms. The molecule has 1 aliphatic carbocycles. The molecular formula is C10H12N4OS. The third-order valence-corrected chi connectivity index (χ3v) is 3.12. The highest BCUT2D eigenvalue weighted by Gasteiger charge is 2.23. The molecule has 0 aromatic carbocycles. The van der Waals surface area contributed by atoms with E-state index in [1.54, 1.807) is 0 Å². The van der Waals surface area contributed by atoms with Crippen LogP contribution in [-0.4, -0.2) is 23.5 Å². The number of nitrogens with zero attached hydrogens (tertiary/aromatic N) is 1. The van der Waals surface area contributed by atoms with Crippen LogP contribution in [0.4, 0.5) is 10.9 Å². The van der Waals surface area contributed by atoms with Crippen LogP contribution >= 0.6 is 11.3 Å². The normalized spacial score (nSPS) is 14.2. The lowest BCUT2D eigenvalue weighted by Gasteiger charge is -1.97. The van der Waals surface area contributed by atoms with Gasteiger partial charge in [-0.05, 0) is 12.8 Å². The van der Waals surface area contributed by atoms with Crippen molar-refractivity contribution in [1.82, 2.24) is 10.3 Å². The quantitative estimate of drug-likeness (QED) is 0.671. The van der Waals surface area contributed by atoms with Crippen LogP contribution in [0.1, 0.15) is 22.5 Å². The Balaban J connectivity index is 2.05. The van der Waals surface area contributed by atoms with Crippen LogP contribution in [0.15, 0.2) is 0 Å². The Bertz CT molecular complexity index is 444. The van der Waals surface area contributed by atoms with Crippen LogP contribution in [0.25, 0.3) is 0 Å². The first-order chi connectivity index (χ1) is 7.70. The summed E-state index contributed by atoms with van der Waals surface area (Å²) < 4.78 is 0. The molecule has 4 N–H and O–H groups in total. The summed E-state index contributed by atoms with van der Waals surface area (Å²) in [5, 5.41) is 6.45. The Morgan fingerprint density at radius 3 is 3.06 bits per heavy atom. The average molecular weight is 236 g/mol. The molecule has 6 heteroatoms. The highest BCUT2D eigenvalue weighted by atomic mass is 32.1. The molecule has 0 unspecified atom stereocenters. The third kappa shape index (κ3) is 2.44. The lowest BCUT2D eigenvalue weighted by molar-refractivity contribution is 0.0963. The number of anilines is 2. The average Bonchev–Trinajstić information content (AvgIpc) is 2.98. The van der Waals surface area contributed by atoms with Gasteiger partial charge in [0.25, 0.3) is 5.91 Å². The van der Waals surface area contributed by atoms with Gasteiger partial charge in [0.15, 0.2) is 5.13 Å². The summed E-state index contributed by atoms with van der Waals surface area (Å²) in [6, 6.07) is 0.493. The summed E-state index contributed by atoms with van der Waals surface area (Å²) in [4.78, 5) is 16.1. The van der Waals surface area contributed by atoms with Crippen molar-refractivity contribution in [2.24, 2.45) is 0 Å². The molecule has 0 radical (unpaired) electrons. The van der Waals surface area contributed by atoms with E-state index in [0.29, 0.717) is 16.1 Å². The van der Waals surface area contributed by atoms with Gasteiger partial charge in [0.2, 0.25) is 0 Å². The molecule has 1 fully saturated rings. The van der Waals surface area contributed by atoms with E-state index in [0.717, 1.165) is 12.8 Å². The smallest absolute Gasteiger partial charge is 0.266 e. The van der Waals surface area contributed by atoms with Crippen LogP contribution in [0.2, 0.25) is 0 Å². The Labute approximate surface area is 97.4 Å². The number of nitrogen functional groups attached to an aromatic ring is 1. The molecule has 5 nitrogen and oxygen atoms in total. The minimum absolute atomic E-state index is 0.196. The molecule has 1 heterocycles. The van der Waals surface area contributed by atoms with E-state index in [-0.39, 0.29) is 18.3 Å². The number of aromatic nitrogens is 1. The van der Waals surface area contributed by atoms with Crippen molar-refractivity contribution in [2.75, 3.05) is 17.6 Å². The predicted octanol–water partition coefficient (Wildman–Crippen LogP) is 0.663. The molecule has 1 saturated carbocycles. The van der Waals surface area contributed by atoms with Gasteiger partial charge in [-0.3, -0.25) is 4.79 Å². The molecule has 1 aromatic rings. The van der Waals surface area contributed by atoms with Crippen LogP contribution < -0.4 is 16.4 Å². The highest BCUT2D eigenvalue weighted by molar-refractivity contribution is 7.18. The number of nitrogens with one attached hydrogen (secondary N) is 2. The molecule has 2 rings (SSSR count). The summed E-state index contributed by atoms with van der Waals surface area (Å²) >= 11 is 1.26. The zero-order valence-electron chi connectivity index (χ0n) is 8.62. The standard InChI is InChI=1S/C10H12N4OS/c1-2-5-12-9(15)7-8(11)14-10(16-7)13-6-3-4-6/h1,6H,3-5,11H2,(H,12,15)(H,13,14). The van der Waals surface area contributed by atoms with Crippen molar-refractivity contribution in [3.8, 4) is 12.3 Å². The zero-order valence-corrected chi connectivity index (χ0v) is 9.43. The summed E-state index contributed by atoms with van der Waals surface area (Å²) in [7, 11) is 0. The van der Waals surface area contributed by atoms with Crippen molar-refractivity contribution in [1.29, 1.82) is 0 Å². The van der Waals surface area contributed by atoms with Gasteiger partial charge in [-0.1, -0.05) is 17.3 Å². The molecule has 0 atom stereocenters. The van der Waals surface area contributed by atoms with Crippen molar-refractivity contribution in [3.63, 3.8) is 0 Å². The first kappa shape index (κ1) is 10.8. The Hall–Kier alpha value is -1.74. The number of hydrogen-bond acceptors (Lipinski definition) is 5. The minimum atomic E-state index is -0.267. The Kier molecular flexibility index (Phi) is 2.97. The summed E-state index contributed by atoms with van der Waals surface area (Å²) in [5.74, 6) is 2.32. The predicted molar refractivity (Wildman–Crippen MR) is 64.3 cm³/mol. The van der Waals surface area contributed by atoms with Gasteiger partial charge in [0, 0.05) is 6.04 Å². The maximum atomic E-state index is 11.6. The number of terminal acetylenes is 1. The van der Waals surface area contributed by atoms with Gasteiger partial charge in [-0.15, -0.1) is 6.42 Å². The van der Waals surface area contributed by atoms with Crippen LogP contribution in [0, 0.1) is 12.3 Å². The number of nitrogens with two attached hydrogens (primary N) is 1. The number of hydrogen-bond donors (Lipinski definition) is 3. The minimum Gasteiger partial charge on any atom is -0.382 e. The van der Waals surface area contributed by atoms with Gasteiger partial charge in [-0.25, -0.2) is 4.98 Å². The second-order valence-corrected chi connectivity index (χ2v) is 4.54. The molecule has 0 aliphatic heterocycles. The van der Waals surface area contributed by atoms with Crippen molar-refractivity contribution in [2.45, 2.75) is 18.9 Å². The molecule has 1 aromatic heterocycles. The van der Waals surface area contributed by atoms with Crippen molar-refractivity contribution >= 4 is 28.2 Å². The first-order valence-corrected chi connectivity index (χ1v) is 5.77. The number of carbonyl (C=O) groups is 1. The second-order valence-electron chi connectivity index (χ2n) is 3.54. The van der Waals surface area contributed by atoms with E-state index in [2.05, 4.69) is 21.5 Å². The summed E-state index contributed by atoms with van der Waals surface area (Å²) in [6.45, 7) is 0.196. The molecule has 1 amide bonds. The number of amides is 1. The van der Waals surface area contributed by atoms with E-state index < -0.39 is 0 Å². The van der Waals surface area contributed by atoms with Crippen molar-refractivity contribution < 1.29 is 4.79 Å². The van der Waals surface area contributed by atoms with Crippen LogP contribution in [0.3, 0.4) is 0 Å². The lowest BCUT2D eigenvalue weighted by atomic mass is 10.4. The van der Waals surface area contributed by atoms with E-state index in [4.69, 9.17) is 12.2 Å². The fraction of sp³-hybridized carbons (Fsp3) is 0.400. The van der Waals surface area contributed by atoms with Gasteiger partial charge < -0.3 is 16.4 Å². The van der Waals surface area contributed by atoms with E-state index in [1.807, 2.05) is 0 Å². The highest BCUT2D eigenvalue weighted by Crippen LogP contribution is 2.30. The van der Waals surface area contributed by atoms with E-state index in [9.17, 15) is 4.79 Å². The van der Waals surface area contributed by atoms with Gasteiger partial charge in [0.05, 0.1) is 6.54 Å². The molecule has 1 aliphatic rings. The third-order valence-electron chi connectivity index (χ3n) is 2.12. The molecule has 84 valence electrons. The fourth-order valence-electron chi connectivity index (χ4n) is 1.17. The topological polar surface area (TPSA) is 80.0 Å². The number of carbonyl (C=O) groups excluding carboxylic acids is 1. The number of rotatable bonds is 4. The molecular weight excluding hydrogens is 224 g/mol. The van der Waals surface area contributed by atoms with Gasteiger partial charge >= 0.3 is 0 Å². The van der Waals surface area contributed by atoms with E-state index >= 15 is 0 Å². The van der Waals surface area contributed by atoms with Gasteiger partial charge in [0.1, 0.15) is 10.7 Å². The first-order valence-electron chi connectivity index (χ1n) is 4.95. The fourth-order valence-corrected chi connectivity index (χ4v) is 2.05. The summed E-state index contributed by atoms with van der Waals surface area (Å²) in [5.41, 5.74) is 5.66. The number of thiazole rings is 1. The zero-order chi connectivity index (χ0) is 11.5.